The van der Waals surface area contributed by atoms with Gasteiger partial charge in [0.2, 0.25) is 0 Å². The van der Waals surface area contributed by atoms with Gasteiger partial charge in [-0.3, -0.25) is 9.89 Å². The number of aliphatic carboxylic acids is 1. The van der Waals surface area contributed by atoms with Gasteiger partial charge in [-0.05, 0) is 50.3 Å². The maximum absolute atomic E-state index is 12.4. The molecule has 8 nitrogen and oxygen atoms in total. The number of nitrogens with zero attached hydrogens (tertiary/aromatic N) is 3. The van der Waals surface area contributed by atoms with Crippen LogP contribution in [-0.2, 0) is 24.2 Å². The number of carbonyl (C=O) groups excluding carboxylic acids is 1. The molecule has 11 heteroatoms. The summed E-state index contributed by atoms with van der Waals surface area (Å²) >= 11 is 0. The molecule has 3 N–H and O–H groups in total. The number of hydrogen-bond donors (Lipinski definition) is 3. The van der Waals surface area contributed by atoms with Gasteiger partial charge in [-0.1, -0.05) is 12.1 Å². The van der Waals surface area contributed by atoms with Crippen LogP contribution in [0.5, 0.6) is 0 Å². The Morgan fingerprint density at radius 3 is 2.44 bits per heavy atom. The van der Waals surface area contributed by atoms with E-state index in [1.165, 1.54) is 6.42 Å². The Bertz CT molecular complexity index is 1090. The topological polar surface area (TPSA) is 113 Å². The van der Waals surface area contributed by atoms with Crippen molar-refractivity contribution in [1.29, 1.82) is 0 Å². The van der Waals surface area contributed by atoms with Gasteiger partial charge in [0.25, 0.3) is 5.91 Å². The number of aryl methyl sites for hydroxylation is 2. The number of halogens is 3. The minimum atomic E-state index is -5.08. The highest BCUT2D eigenvalue weighted by Gasteiger charge is 2.38. The van der Waals surface area contributed by atoms with Crippen LogP contribution in [0.3, 0.4) is 0 Å². The Morgan fingerprint density at radius 2 is 1.84 bits per heavy atom. The zero-order chi connectivity index (χ0) is 23.3. The molecule has 2 heterocycles. The molecule has 0 atom stereocenters. The van der Waals surface area contributed by atoms with Crippen LogP contribution in [0.1, 0.15) is 46.0 Å². The van der Waals surface area contributed by atoms with Gasteiger partial charge in [-0.15, -0.1) is 0 Å². The summed E-state index contributed by atoms with van der Waals surface area (Å²) in [5.41, 5.74) is 4.89. The lowest BCUT2D eigenvalue weighted by atomic mass is 9.96. The predicted molar refractivity (Wildman–Crippen MR) is 108 cm³/mol. The van der Waals surface area contributed by atoms with Crippen LogP contribution in [0, 0.1) is 6.92 Å². The molecule has 1 aliphatic rings. The lowest BCUT2D eigenvalue weighted by molar-refractivity contribution is -0.192. The summed E-state index contributed by atoms with van der Waals surface area (Å²) in [5.74, 6) is -1.91. The van der Waals surface area contributed by atoms with Crippen LogP contribution in [0.4, 0.5) is 13.2 Å². The second-order valence-electron chi connectivity index (χ2n) is 7.23. The van der Waals surface area contributed by atoms with Crippen LogP contribution in [0.15, 0.2) is 36.7 Å². The summed E-state index contributed by atoms with van der Waals surface area (Å²) in [6, 6.07) is 8.11. The van der Waals surface area contributed by atoms with E-state index in [0.717, 1.165) is 47.6 Å². The molecule has 1 amide bonds. The van der Waals surface area contributed by atoms with E-state index in [0.29, 0.717) is 12.2 Å². The number of carbonyl (C=O) groups is 2. The van der Waals surface area contributed by atoms with Gasteiger partial charge in [0.05, 0.1) is 0 Å². The van der Waals surface area contributed by atoms with Crippen molar-refractivity contribution in [2.45, 2.75) is 45.3 Å². The van der Waals surface area contributed by atoms with Crippen molar-refractivity contribution in [2.75, 3.05) is 0 Å². The number of alkyl halides is 3. The van der Waals surface area contributed by atoms with Gasteiger partial charge in [-0.2, -0.15) is 18.3 Å². The first kappa shape index (κ1) is 23.0. The van der Waals surface area contributed by atoms with E-state index in [-0.39, 0.29) is 5.91 Å². The smallest absolute Gasteiger partial charge is 0.475 e. The number of carboxylic acids is 1. The molecular weight excluding hydrogens is 427 g/mol. The van der Waals surface area contributed by atoms with Crippen LogP contribution in [0.2, 0.25) is 0 Å². The molecule has 0 unspecified atom stereocenters. The first-order chi connectivity index (χ1) is 15.2. The van der Waals surface area contributed by atoms with E-state index in [4.69, 9.17) is 9.90 Å². The highest BCUT2D eigenvalue weighted by atomic mass is 19.4. The highest BCUT2D eigenvalue weighted by Crippen LogP contribution is 2.22. The lowest BCUT2D eigenvalue weighted by Gasteiger charge is -2.11. The summed E-state index contributed by atoms with van der Waals surface area (Å²) in [6.45, 7) is 2.46. The minimum absolute atomic E-state index is 0.103. The number of fused-ring (bicyclic) bond motifs is 1. The van der Waals surface area contributed by atoms with Crippen molar-refractivity contribution in [1.82, 2.24) is 25.1 Å². The van der Waals surface area contributed by atoms with Gasteiger partial charge < -0.3 is 15.0 Å². The number of aromatic amines is 1. The Labute approximate surface area is 181 Å². The molecule has 2 aromatic heterocycles. The molecule has 0 saturated heterocycles. The van der Waals surface area contributed by atoms with Crippen molar-refractivity contribution in [3.63, 3.8) is 0 Å². The Balaban J connectivity index is 0.000000360. The molecule has 0 saturated carbocycles. The third-order valence-corrected chi connectivity index (χ3v) is 5.01. The molecular formula is C21H22F3N5O3. The maximum atomic E-state index is 12.4. The average molecular weight is 449 g/mol. The standard InChI is InChI=1S/C19H21N5O.C2HF3O2/c1-13-20-10-11-24(13)15-8-6-14(7-9-15)12-21-19(25)18-16-4-2-3-5-17(16)22-23-18;3-2(4,5)1(6)7/h6-11H,2-5,12H2,1H3,(H,21,25)(H,22,23);(H,6,7). The molecule has 1 aromatic carbocycles. The van der Waals surface area contributed by atoms with E-state index in [1.807, 2.05) is 42.0 Å². The molecule has 0 bridgehead atoms. The zero-order valence-corrected chi connectivity index (χ0v) is 17.2. The van der Waals surface area contributed by atoms with E-state index >= 15 is 0 Å². The van der Waals surface area contributed by atoms with Crippen molar-refractivity contribution in [3.8, 4) is 5.69 Å². The summed E-state index contributed by atoms with van der Waals surface area (Å²) in [6.07, 6.45) is 2.86. The molecule has 170 valence electrons. The van der Waals surface area contributed by atoms with Crippen molar-refractivity contribution >= 4 is 11.9 Å². The number of benzene rings is 1. The molecule has 0 radical (unpaired) electrons. The number of carboxylic acid groups (broad SMARTS) is 1. The SMILES string of the molecule is Cc1nccn1-c1ccc(CNC(=O)c2n[nH]c3c2CCCC3)cc1.O=C(O)C(F)(F)F. The second kappa shape index (κ2) is 9.67. The van der Waals surface area contributed by atoms with E-state index in [1.54, 1.807) is 6.20 Å². The summed E-state index contributed by atoms with van der Waals surface area (Å²) in [5, 5.41) is 17.3. The van der Waals surface area contributed by atoms with Gasteiger partial charge in [-0.25, -0.2) is 9.78 Å². The van der Waals surface area contributed by atoms with Gasteiger partial charge in [0.15, 0.2) is 5.69 Å². The van der Waals surface area contributed by atoms with Crippen LogP contribution < -0.4 is 5.32 Å². The zero-order valence-electron chi connectivity index (χ0n) is 17.2. The predicted octanol–water partition coefficient (Wildman–Crippen LogP) is 3.35. The first-order valence-electron chi connectivity index (χ1n) is 9.90. The molecule has 4 rings (SSSR count). The third-order valence-electron chi connectivity index (χ3n) is 5.01. The van der Waals surface area contributed by atoms with Crippen molar-refractivity contribution in [3.05, 3.63) is 65.0 Å². The number of hydrogen-bond acceptors (Lipinski definition) is 4. The quantitative estimate of drug-likeness (QED) is 0.566. The van der Waals surface area contributed by atoms with Crippen LogP contribution in [-0.4, -0.2) is 42.9 Å². The number of H-pyrrole nitrogens is 1. The number of aromatic nitrogens is 4. The highest BCUT2D eigenvalue weighted by molar-refractivity contribution is 5.94. The van der Waals surface area contributed by atoms with Gasteiger partial charge in [0.1, 0.15) is 5.82 Å². The molecule has 0 spiro atoms. The third kappa shape index (κ3) is 5.54. The number of rotatable bonds is 4. The summed E-state index contributed by atoms with van der Waals surface area (Å²) < 4.78 is 33.8. The Hall–Kier alpha value is -3.63. The van der Waals surface area contributed by atoms with E-state index in [9.17, 15) is 18.0 Å². The Morgan fingerprint density at radius 1 is 1.19 bits per heavy atom. The summed E-state index contributed by atoms with van der Waals surface area (Å²) in [7, 11) is 0. The molecule has 1 aliphatic carbocycles. The summed E-state index contributed by atoms with van der Waals surface area (Å²) in [4.78, 5) is 25.6. The van der Waals surface area contributed by atoms with Crippen molar-refractivity contribution in [2.24, 2.45) is 0 Å². The van der Waals surface area contributed by atoms with Crippen molar-refractivity contribution < 1.29 is 27.9 Å². The normalized spacial score (nSPS) is 13.0. The average Bonchev–Trinajstić information content (AvgIpc) is 3.38. The largest absolute Gasteiger partial charge is 0.490 e. The van der Waals surface area contributed by atoms with Crippen LogP contribution >= 0.6 is 0 Å². The maximum Gasteiger partial charge on any atom is 0.490 e. The lowest BCUT2D eigenvalue weighted by Crippen LogP contribution is -2.24. The second-order valence-corrected chi connectivity index (χ2v) is 7.23. The molecule has 3 aromatic rings. The molecule has 32 heavy (non-hydrogen) atoms. The minimum Gasteiger partial charge on any atom is -0.475 e. The fraction of sp³-hybridized carbons (Fsp3) is 0.333. The first-order valence-corrected chi connectivity index (χ1v) is 9.90. The van der Waals surface area contributed by atoms with Crippen LogP contribution in [0.25, 0.3) is 5.69 Å². The number of amides is 1. The fourth-order valence-corrected chi connectivity index (χ4v) is 3.36. The van der Waals surface area contributed by atoms with E-state index < -0.39 is 12.1 Å². The fourth-order valence-electron chi connectivity index (χ4n) is 3.36. The monoisotopic (exact) mass is 449 g/mol. The Kier molecular flexibility index (Phi) is 6.96. The number of nitrogens with one attached hydrogen (secondary N) is 2. The van der Waals surface area contributed by atoms with Gasteiger partial charge >= 0.3 is 12.1 Å². The molecule has 0 aliphatic heterocycles. The molecule has 0 fully saturated rings. The number of imidazole rings is 1. The van der Waals surface area contributed by atoms with Gasteiger partial charge in [0, 0.05) is 35.9 Å². The van der Waals surface area contributed by atoms with E-state index in [2.05, 4.69) is 20.5 Å².